The smallest absolute Gasteiger partial charge is 0.227 e. The Morgan fingerprint density at radius 1 is 0.618 bits per heavy atom. The van der Waals surface area contributed by atoms with Gasteiger partial charge < -0.3 is 42.1 Å². The monoisotopic (exact) mass is 605 g/mol. The van der Waals surface area contributed by atoms with E-state index in [1.54, 1.807) is 37.6 Å². The van der Waals surface area contributed by atoms with Crippen molar-refractivity contribution in [2.24, 2.45) is 0 Å². The molecule has 0 spiro atoms. The molecule has 0 atom stereocenters. The normalized spacial score (nSPS) is 8.65. The minimum atomic E-state index is 0. The average Bonchev–Trinajstić information content (AvgIpc) is 2.88. The Hall–Kier alpha value is -1.78. The van der Waals surface area contributed by atoms with E-state index in [2.05, 4.69) is 29.4 Å². The van der Waals surface area contributed by atoms with E-state index in [1.807, 2.05) is 67.6 Å². The fraction of sp³-hybridized carbons (Fsp3) is 0.148. The molecule has 7 heteroatoms. The van der Waals surface area contributed by atoms with Crippen molar-refractivity contribution in [2.45, 2.75) is 6.92 Å². The average molecular weight is 605 g/mol. The fourth-order valence-corrected chi connectivity index (χ4v) is 2.19. The Morgan fingerprint density at radius 3 is 1.47 bits per heavy atom. The number of benzene rings is 3. The van der Waals surface area contributed by atoms with Gasteiger partial charge in [0, 0.05) is 76.9 Å². The first-order valence-corrected chi connectivity index (χ1v) is 9.94. The maximum absolute atomic E-state index is 5.46. The summed E-state index contributed by atoms with van der Waals surface area (Å²) in [5, 5.41) is 0. The van der Waals surface area contributed by atoms with Crippen molar-refractivity contribution in [3.05, 3.63) is 116 Å². The standard InChI is InChI=1S/C15H15O3.C7H7O.C5H3N.2Y/c1-2-16-14-8-10-15(11-9-14)18-12-17-13-6-4-3-5-7-13;1-8-7-5-3-2-4-6-7;1-2-4-6-5-3-1;;/h4-11H,2,12H2,1H3;3-6H,1H3;1-2,5H;;/q2*-1;-2;;. The SMILES string of the molecule is CCOc1ccc(OCOc2cc[c-]cc2)cc1.COc1cc[c-]cc1.[Y].[Y].[c-]1cc[c-]nc1. The molecule has 0 aliphatic heterocycles. The van der Waals surface area contributed by atoms with Crippen molar-refractivity contribution < 1.29 is 84.4 Å². The van der Waals surface area contributed by atoms with E-state index in [-0.39, 0.29) is 72.2 Å². The fourth-order valence-electron chi connectivity index (χ4n) is 2.19. The summed E-state index contributed by atoms with van der Waals surface area (Å²) in [5.41, 5.74) is 0. The van der Waals surface area contributed by atoms with Gasteiger partial charge in [-0.1, -0.05) is 0 Å². The maximum atomic E-state index is 5.46. The molecule has 4 aromatic rings. The largest absolute Gasteiger partial charge is 0.522 e. The van der Waals surface area contributed by atoms with Crippen LogP contribution < -0.4 is 18.9 Å². The number of nitrogens with zero attached hydrogens (tertiary/aromatic N) is 1. The minimum Gasteiger partial charge on any atom is -0.522 e. The molecule has 0 fully saturated rings. The van der Waals surface area contributed by atoms with Crippen LogP contribution in [0.4, 0.5) is 0 Å². The molecule has 0 aliphatic rings. The first kappa shape index (κ1) is 32.2. The Balaban J connectivity index is 0.000000564. The van der Waals surface area contributed by atoms with E-state index in [4.69, 9.17) is 18.9 Å². The zero-order chi connectivity index (χ0) is 22.7. The molecule has 0 N–H and O–H groups in total. The van der Waals surface area contributed by atoms with E-state index in [0.717, 1.165) is 23.0 Å². The number of hydrogen-bond donors (Lipinski definition) is 0. The van der Waals surface area contributed by atoms with Crippen molar-refractivity contribution in [1.82, 2.24) is 4.98 Å². The summed E-state index contributed by atoms with van der Waals surface area (Å²) >= 11 is 0. The molecule has 172 valence electrons. The summed E-state index contributed by atoms with van der Waals surface area (Å²) in [6.07, 6.45) is 4.18. The van der Waals surface area contributed by atoms with E-state index in [9.17, 15) is 0 Å². The van der Waals surface area contributed by atoms with Gasteiger partial charge in [0.2, 0.25) is 6.79 Å². The van der Waals surface area contributed by atoms with Gasteiger partial charge in [-0.2, -0.15) is 48.8 Å². The van der Waals surface area contributed by atoms with Crippen LogP contribution in [0.15, 0.2) is 91.1 Å². The topological polar surface area (TPSA) is 49.8 Å². The molecule has 0 bridgehead atoms. The molecule has 0 aliphatic carbocycles. The molecule has 0 saturated heterocycles. The number of methoxy groups -OCH3 is 1. The zero-order valence-electron chi connectivity index (χ0n) is 19.3. The van der Waals surface area contributed by atoms with E-state index in [1.165, 1.54) is 0 Å². The Kier molecular flexibility index (Phi) is 20.6. The first-order chi connectivity index (χ1) is 15.8. The predicted molar refractivity (Wildman–Crippen MR) is 123 cm³/mol. The van der Waals surface area contributed by atoms with Crippen LogP contribution in [-0.2, 0) is 65.4 Å². The van der Waals surface area contributed by atoms with E-state index >= 15 is 0 Å². The van der Waals surface area contributed by atoms with Crippen LogP contribution >= 0.6 is 0 Å². The molecular weight excluding hydrogens is 580 g/mol. The van der Waals surface area contributed by atoms with Gasteiger partial charge in [0.05, 0.1) is 13.7 Å². The van der Waals surface area contributed by atoms with Crippen molar-refractivity contribution in [2.75, 3.05) is 20.5 Å². The second-order valence-corrected chi connectivity index (χ2v) is 5.87. The second kappa shape index (κ2) is 21.7. The second-order valence-electron chi connectivity index (χ2n) is 5.87. The van der Waals surface area contributed by atoms with Gasteiger partial charge in [-0.15, -0.1) is 24.3 Å². The van der Waals surface area contributed by atoms with Gasteiger partial charge in [-0.05, 0) is 31.2 Å². The zero-order valence-corrected chi connectivity index (χ0v) is 25.0. The Morgan fingerprint density at radius 2 is 1.12 bits per heavy atom. The van der Waals surface area contributed by atoms with E-state index in [0.29, 0.717) is 6.61 Å². The summed E-state index contributed by atoms with van der Waals surface area (Å²) < 4.78 is 21.1. The molecule has 1 aromatic heterocycles. The van der Waals surface area contributed by atoms with Gasteiger partial charge in [0.25, 0.3) is 0 Å². The maximum Gasteiger partial charge on any atom is 0.227 e. The van der Waals surface area contributed by atoms with Gasteiger partial charge >= 0.3 is 0 Å². The van der Waals surface area contributed by atoms with Crippen LogP contribution in [0.25, 0.3) is 0 Å². The van der Waals surface area contributed by atoms with E-state index < -0.39 is 0 Å². The van der Waals surface area contributed by atoms with Gasteiger partial charge in [-0.25, -0.2) is 0 Å². The molecule has 2 radical (unpaired) electrons. The van der Waals surface area contributed by atoms with Crippen LogP contribution in [0.3, 0.4) is 0 Å². The molecule has 4 rings (SSSR count). The first-order valence-electron chi connectivity index (χ1n) is 9.94. The molecule has 1 heterocycles. The van der Waals surface area contributed by atoms with Gasteiger partial charge in [-0.3, -0.25) is 0 Å². The number of hydrogen-bond acceptors (Lipinski definition) is 5. The summed E-state index contributed by atoms with van der Waals surface area (Å²) in [5.74, 6) is 3.23. The van der Waals surface area contributed by atoms with Crippen LogP contribution in [0.2, 0.25) is 0 Å². The summed E-state index contributed by atoms with van der Waals surface area (Å²) in [6.45, 7) is 2.79. The molecule has 34 heavy (non-hydrogen) atoms. The summed E-state index contributed by atoms with van der Waals surface area (Å²) in [4.78, 5) is 3.60. The Labute approximate surface area is 253 Å². The molecular formula is C27H25NO4Y2-4. The third kappa shape index (κ3) is 15.2. The van der Waals surface area contributed by atoms with Gasteiger partial charge in [0.15, 0.2) is 0 Å². The quantitative estimate of drug-likeness (QED) is 0.207. The Bertz CT molecular complexity index is 918. The van der Waals surface area contributed by atoms with Crippen molar-refractivity contribution >= 4 is 0 Å². The number of pyridine rings is 1. The molecule has 0 amide bonds. The number of rotatable bonds is 7. The van der Waals surface area contributed by atoms with Gasteiger partial charge in [0.1, 0.15) is 11.5 Å². The molecule has 0 unspecified atom stereocenters. The third-order valence-electron chi connectivity index (χ3n) is 3.66. The van der Waals surface area contributed by atoms with Crippen molar-refractivity contribution in [3.8, 4) is 23.0 Å². The van der Waals surface area contributed by atoms with Crippen molar-refractivity contribution in [1.29, 1.82) is 0 Å². The van der Waals surface area contributed by atoms with Crippen LogP contribution in [0, 0.1) is 24.4 Å². The molecule has 5 nitrogen and oxygen atoms in total. The summed E-state index contributed by atoms with van der Waals surface area (Å²) in [6, 6.07) is 34.1. The minimum absolute atomic E-state index is 0. The molecule has 0 saturated carbocycles. The van der Waals surface area contributed by atoms with Crippen molar-refractivity contribution in [3.63, 3.8) is 0 Å². The predicted octanol–water partition coefficient (Wildman–Crippen LogP) is 5.47. The summed E-state index contributed by atoms with van der Waals surface area (Å²) in [7, 11) is 1.65. The molecule has 3 aromatic carbocycles. The third-order valence-corrected chi connectivity index (χ3v) is 3.66. The van der Waals surface area contributed by atoms with Crippen LogP contribution in [0.5, 0.6) is 23.0 Å². The van der Waals surface area contributed by atoms with Crippen LogP contribution in [-0.4, -0.2) is 25.5 Å². The number of ether oxygens (including phenoxy) is 4. The number of aromatic nitrogens is 1. The van der Waals surface area contributed by atoms with Crippen LogP contribution in [0.1, 0.15) is 6.92 Å².